The Morgan fingerprint density at radius 2 is 2.00 bits per heavy atom. The summed E-state index contributed by atoms with van der Waals surface area (Å²) in [5.41, 5.74) is 7.39. The topological polar surface area (TPSA) is 65.2 Å². The van der Waals surface area contributed by atoms with Gasteiger partial charge in [0.25, 0.3) is 5.91 Å². The van der Waals surface area contributed by atoms with Gasteiger partial charge in [-0.1, -0.05) is 29.3 Å². The van der Waals surface area contributed by atoms with Crippen molar-refractivity contribution in [2.45, 2.75) is 13.0 Å². The average Bonchev–Trinajstić information content (AvgIpc) is 3.04. The highest BCUT2D eigenvalue weighted by atomic mass is 35.5. The third-order valence-corrected chi connectivity index (χ3v) is 5.05. The fourth-order valence-electron chi connectivity index (χ4n) is 2.32. The third kappa shape index (κ3) is 4.52. The second-order valence-corrected chi connectivity index (χ2v) is 7.16. The number of halogens is 3. The summed E-state index contributed by atoms with van der Waals surface area (Å²) in [7, 11) is 0. The SMILES string of the molecule is NC(=O)c1nc(Cc2cc(Cl)ccc2OCc2ccc(F)cc2Cl)cs1. The lowest BCUT2D eigenvalue weighted by molar-refractivity contribution is 0.1000. The van der Waals surface area contributed by atoms with Crippen LogP contribution in [0.2, 0.25) is 10.0 Å². The van der Waals surface area contributed by atoms with Crippen LogP contribution in [0.4, 0.5) is 4.39 Å². The maximum Gasteiger partial charge on any atom is 0.277 e. The Kier molecular flexibility index (Phi) is 5.76. The fraction of sp³-hybridized carbons (Fsp3) is 0.111. The van der Waals surface area contributed by atoms with Gasteiger partial charge in [-0.2, -0.15) is 0 Å². The van der Waals surface area contributed by atoms with Crippen molar-refractivity contribution in [3.05, 3.63) is 79.5 Å². The van der Waals surface area contributed by atoms with Crippen molar-refractivity contribution in [1.29, 1.82) is 0 Å². The van der Waals surface area contributed by atoms with Crippen LogP contribution in [0, 0.1) is 5.82 Å². The van der Waals surface area contributed by atoms with Gasteiger partial charge in [0.05, 0.1) is 10.7 Å². The molecule has 0 bridgehead atoms. The van der Waals surface area contributed by atoms with E-state index in [9.17, 15) is 9.18 Å². The van der Waals surface area contributed by atoms with E-state index in [1.165, 1.54) is 23.5 Å². The van der Waals surface area contributed by atoms with Crippen molar-refractivity contribution in [3.8, 4) is 5.75 Å². The third-order valence-electron chi connectivity index (χ3n) is 3.55. The first-order valence-electron chi connectivity index (χ1n) is 7.51. The van der Waals surface area contributed by atoms with Crippen LogP contribution in [-0.4, -0.2) is 10.9 Å². The summed E-state index contributed by atoms with van der Waals surface area (Å²) in [6.07, 6.45) is 0.427. The van der Waals surface area contributed by atoms with Crippen molar-refractivity contribution in [1.82, 2.24) is 4.98 Å². The highest BCUT2D eigenvalue weighted by Gasteiger charge is 2.12. The minimum atomic E-state index is -0.560. The van der Waals surface area contributed by atoms with Gasteiger partial charge >= 0.3 is 0 Å². The largest absolute Gasteiger partial charge is 0.489 e. The molecule has 0 atom stereocenters. The van der Waals surface area contributed by atoms with E-state index < -0.39 is 11.7 Å². The number of amides is 1. The first-order chi connectivity index (χ1) is 12.4. The van der Waals surface area contributed by atoms with Crippen LogP contribution in [0.25, 0.3) is 0 Å². The van der Waals surface area contributed by atoms with E-state index in [0.29, 0.717) is 33.5 Å². The van der Waals surface area contributed by atoms with Crippen LogP contribution in [0.5, 0.6) is 5.75 Å². The number of nitrogens with two attached hydrogens (primary N) is 1. The normalized spacial score (nSPS) is 10.7. The number of nitrogens with zero attached hydrogens (tertiary/aromatic N) is 1. The molecule has 1 amide bonds. The summed E-state index contributed by atoms with van der Waals surface area (Å²) in [5, 5.41) is 2.87. The molecular weight excluding hydrogens is 398 g/mol. The van der Waals surface area contributed by atoms with Gasteiger partial charge in [0.2, 0.25) is 0 Å². The van der Waals surface area contributed by atoms with Crippen LogP contribution >= 0.6 is 34.5 Å². The van der Waals surface area contributed by atoms with E-state index in [-0.39, 0.29) is 11.6 Å². The zero-order valence-electron chi connectivity index (χ0n) is 13.3. The van der Waals surface area contributed by atoms with Gasteiger partial charge in [-0.05, 0) is 30.3 Å². The number of hydrogen-bond acceptors (Lipinski definition) is 4. The number of hydrogen-bond donors (Lipinski definition) is 1. The van der Waals surface area contributed by atoms with Crippen molar-refractivity contribution in [3.63, 3.8) is 0 Å². The molecule has 2 N–H and O–H groups in total. The van der Waals surface area contributed by atoms with E-state index in [2.05, 4.69) is 4.98 Å². The van der Waals surface area contributed by atoms with Crippen LogP contribution in [0.15, 0.2) is 41.8 Å². The van der Waals surface area contributed by atoms with E-state index >= 15 is 0 Å². The van der Waals surface area contributed by atoms with Gasteiger partial charge in [-0.3, -0.25) is 4.79 Å². The molecule has 0 saturated carbocycles. The molecule has 4 nitrogen and oxygen atoms in total. The summed E-state index contributed by atoms with van der Waals surface area (Å²) in [6.45, 7) is 0.178. The molecule has 1 aromatic heterocycles. The molecule has 2 aromatic carbocycles. The Labute approximate surface area is 163 Å². The molecule has 3 aromatic rings. The molecule has 3 rings (SSSR count). The molecular formula is C18H13Cl2FN2O2S. The minimum absolute atomic E-state index is 0.178. The summed E-state index contributed by atoms with van der Waals surface area (Å²) in [6, 6.07) is 9.37. The first-order valence-corrected chi connectivity index (χ1v) is 9.15. The van der Waals surface area contributed by atoms with Crippen LogP contribution in [-0.2, 0) is 13.0 Å². The molecule has 0 spiro atoms. The quantitative estimate of drug-likeness (QED) is 0.630. The molecule has 0 aliphatic heterocycles. The molecule has 0 unspecified atom stereocenters. The van der Waals surface area contributed by atoms with E-state index in [1.54, 1.807) is 29.6 Å². The summed E-state index contributed by atoms with van der Waals surface area (Å²) in [4.78, 5) is 15.4. The Hall–Kier alpha value is -2.15. The summed E-state index contributed by atoms with van der Waals surface area (Å²) >= 11 is 13.3. The molecule has 8 heteroatoms. The van der Waals surface area contributed by atoms with Gasteiger partial charge in [-0.25, -0.2) is 9.37 Å². The Balaban J connectivity index is 1.79. The molecule has 0 fully saturated rings. The average molecular weight is 411 g/mol. The minimum Gasteiger partial charge on any atom is -0.489 e. The first kappa shape index (κ1) is 18.6. The Bertz CT molecular complexity index is 962. The zero-order valence-corrected chi connectivity index (χ0v) is 15.7. The number of rotatable bonds is 6. The molecule has 0 radical (unpaired) electrons. The number of benzene rings is 2. The number of primary amides is 1. The lowest BCUT2D eigenvalue weighted by atomic mass is 10.1. The number of aromatic nitrogens is 1. The van der Waals surface area contributed by atoms with Crippen molar-refractivity contribution < 1.29 is 13.9 Å². The summed E-state index contributed by atoms with van der Waals surface area (Å²) in [5.74, 6) is -0.363. The Morgan fingerprint density at radius 3 is 2.69 bits per heavy atom. The predicted molar refractivity (Wildman–Crippen MR) is 101 cm³/mol. The van der Waals surface area contributed by atoms with Crippen LogP contribution < -0.4 is 10.5 Å². The fourth-order valence-corrected chi connectivity index (χ4v) is 3.40. The van der Waals surface area contributed by atoms with E-state index in [1.807, 2.05) is 0 Å². The van der Waals surface area contributed by atoms with Crippen molar-refractivity contribution in [2.24, 2.45) is 5.73 Å². The van der Waals surface area contributed by atoms with E-state index in [0.717, 1.165) is 5.56 Å². The summed E-state index contributed by atoms with van der Waals surface area (Å²) < 4.78 is 19.0. The maximum absolute atomic E-state index is 13.1. The number of ether oxygens (including phenoxy) is 1. The Morgan fingerprint density at radius 1 is 1.19 bits per heavy atom. The van der Waals surface area contributed by atoms with Gasteiger partial charge < -0.3 is 10.5 Å². The number of carbonyl (C=O) groups excluding carboxylic acids is 1. The molecule has 0 saturated heterocycles. The standard InChI is InChI=1S/C18H13Cl2FN2O2S/c19-12-2-4-16(25-8-10-1-3-13(21)7-15(10)20)11(5-12)6-14-9-26-18(23-14)17(22)24/h1-5,7,9H,6,8H2,(H2,22,24). The van der Waals surface area contributed by atoms with Crippen molar-refractivity contribution >= 4 is 40.4 Å². The number of carbonyl (C=O) groups is 1. The zero-order chi connectivity index (χ0) is 18.7. The van der Waals surface area contributed by atoms with E-state index in [4.69, 9.17) is 33.7 Å². The van der Waals surface area contributed by atoms with Gasteiger partial charge in [0.15, 0.2) is 5.01 Å². The number of thiazole rings is 1. The van der Waals surface area contributed by atoms with Gasteiger partial charge in [0, 0.05) is 28.0 Å². The second-order valence-electron chi connectivity index (χ2n) is 5.46. The molecule has 1 heterocycles. The smallest absolute Gasteiger partial charge is 0.277 e. The lowest BCUT2D eigenvalue weighted by Gasteiger charge is -2.12. The monoisotopic (exact) mass is 410 g/mol. The highest BCUT2D eigenvalue weighted by Crippen LogP contribution is 2.28. The lowest BCUT2D eigenvalue weighted by Crippen LogP contribution is -2.10. The predicted octanol–water partition coefficient (Wildman–Crippen LogP) is 4.86. The second kappa shape index (κ2) is 8.03. The van der Waals surface area contributed by atoms with Gasteiger partial charge in [-0.15, -0.1) is 11.3 Å². The van der Waals surface area contributed by atoms with Crippen LogP contribution in [0.1, 0.15) is 26.6 Å². The molecule has 0 aliphatic carbocycles. The molecule has 134 valence electrons. The van der Waals surface area contributed by atoms with Crippen LogP contribution in [0.3, 0.4) is 0 Å². The maximum atomic E-state index is 13.1. The highest BCUT2D eigenvalue weighted by molar-refractivity contribution is 7.11. The van der Waals surface area contributed by atoms with Crippen molar-refractivity contribution in [2.75, 3.05) is 0 Å². The van der Waals surface area contributed by atoms with Gasteiger partial charge in [0.1, 0.15) is 18.2 Å². The molecule has 0 aliphatic rings. The molecule has 26 heavy (non-hydrogen) atoms.